The number of carbonyl (C=O) groups excluding carboxylic acids is 2. The monoisotopic (exact) mass is 358 g/mol. The SMILES string of the molecule is COc1ccc2[nH]c3cc(-c4ccccc4O)c4c(c3c2c1)C(=O)NC4=O. The molecule has 0 spiro atoms. The molecular formula is C21H14N2O4. The van der Waals surface area contributed by atoms with E-state index in [-0.39, 0.29) is 11.3 Å². The highest BCUT2D eigenvalue weighted by Gasteiger charge is 2.34. The molecule has 2 heterocycles. The van der Waals surface area contributed by atoms with Crippen LogP contribution >= 0.6 is 0 Å². The lowest BCUT2D eigenvalue weighted by atomic mass is 9.92. The van der Waals surface area contributed by atoms with Crippen LogP contribution in [0.5, 0.6) is 11.5 Å². The van der Waals surface area contributed by atoms with Gasteiger partial charge < -0.3 is 14.8 Å². The van der Waals surface area contributed by atoms with Crippen LogP contribution < -0.4 is 10.1 Å². The van der Waals surface area contributed by atoms with Gasteiger partial charge in [-0.3, -0.25) is 14.9 Å². The first-order valence-electron chi connectivity index (χ1n) is 8.39. The van der Waals surface area contributed by atoms with E-state index >= 15 is 0 Å². The molecule has 0 unspecified atom stereocenters. The minimum Gasteiger partial charge on any atom is -0.507 e. The summed E-state index contributed by atoms with van der Waals surface area (Å²) >= 11 is 0. The van der Waals surface area contributed by atoms with E-state index in [2.05, 4.69) is 10.3 Å². The largest absolute Gasteiger partial charge is 0.507 e. The minimum atomic E-state index is -0.465. The van der Waals surface area contributed by atoms with Crippen molar-refractivity contribution in [1.82, 2.24) is 10.3 Å². The van der Waals surface area contributed by atoms with Gasteiger partial charge in [0.25, 0.3) is 11.8 Å². The second-order valence-corrected chi connectivity index (χ2v) is 6.43. The fraction of sp³-hybridized carbons (Fsp3) is 0.0476. The van der Waals surface area contributed by atoms with Crippen LogP contribution in [0.25, 0.3) is 32.9 Å². The quantitative estimate of drug-likeness (QED) is 0.478. The number of hydrogen-bond acceptors (Lipinski definition) is 4. The van der Waals surface area contributed by atoms with Crippen LogP contribution in [0.1, 0.15) is 20.7 Å². The van der Waals surface area contributed by atoms with Crippen LogP contribution in [-0.4, -0.2) is 29.0 Å². The van der Waals surface area contributed by atoms with Crippen molar-refractivity contribution in [3.05, 3.63) is 59.7 Å². The van der Waals surface area contributed by atoms with Crippen LogP contribution in [0.4, 0.5) is 0 Å². The number of aromatic hydroxyl groups is 1. The Bertz CT molecular complexity index is 1290. The fourth-order valence-electron chi connectivity index (χ4n) is 3.78. The van der Waals surface area contributed by atoms with Crippen molar-refractivity contribution in [3.63, 3.8) is 0 Å². The number of nitrogens with one attached hydrogen (secondary N) is 2. The van der Waals surface area contributed by atoms with E-state index in [0.717, 1.165) is 10.9 Å². The summed E-state index contributed by atoms with van der Waals surface area (Å²) in [5.41, 5.74) is 3.14. The molecule has 132 valence electrons. The number of phenolic OH excluding ortho intramolecular Hbond substituents is 1. The molecule has 4 aromatic rings. The van der Waals surface area contributed by atoms with E-state index in [1.54, 1.807) is 37.4 Å². The van der Waals surface area contributed by atoms with Gasteiger partial charge >= 0.3 is 0 Å². The van der Waals surface area contributed by atoms with Gasteiger partial charge in [0.2, 0.25) is 0 Å². The molecular weight excluding hydrogens is 344 g/mol. The number of methoxy groups -OCH3 is 1. The molecule has 6 heteroatoms. The Labute approximate surface area is 153 Å². The summed E-state index contributed by atoms with van der Waals surface area (Å²) in [4.78, 5) is 28.5. The van der Waals surface area contributed by atoms with Crippen molar-refractivity contribution < 1.29 is 19.4 Å². The lowest BCUT2D eigenvalue weighted by molar-refractivity contribution is 0.0880. The maximum Gasteiger partial charge on any atom is 0.259 e. The maximum atomic E-state index is 12.6. The summed E-state index contributed by atoms with van der Waals surface area (Å²) in [6.07, 6.45) is 0. The molecule has 0 saturated heterocycles. The molecule has 1 aliphatic rings. The molecule has 3 aromatic carbocycles. The number of phenols is 1. The smallest absolute Gasteiger partial charge is 0.259 e. The van der Waals surface area contributed by atoms with Crippen molar-refractivity contribution in [2.75, 3.05) is 7.11 Å². The van der Waals surface area contributed by atoms with E-state index in [9.17, 15) is 14.7 Å². The second kappa shape index (κ2) is 5.35. The number of fused-ring (bicyclic) bond motifs is 5. The number of aromatic nitrogens is 1. The topological polar surface area (TPSA) is 91.4 Å². The van der Waals surface area contributed by atoms with Crippen molar-refractivity contribution in [2.45, 2.75) is 0 Å². The Morgan fingerprint density at radius 1 is 0.889 bits per heavy atom. The summed E-state index contributed by atoms with van der Waals surface area (Å²) in [5.74, 6) is -0.205. The Hall–Kier alpha value is -3.80. The summed E-state index contributed by atoms with van der Waals surface area (Å²) in [7, 11) is 1.58. The second-order valence-electron chi connectivity index (χ2n) is 6.43. The number of rotatable bonds is 2. The number of H-pyrrole nitrogens is 1. The van der Waals surface area contributed by atoms with Crippen molar-refractivity contribution >= 4 is 33.6 Å². The van der Waals surface area contributed by atoms with Gasteiger partial charge in [0.05, 0.1) is 18.2 Å². The average molecular weight is 358 g/mol. The van der Waals surface area contributed by atoms with Gasteiger partial charge in [0, 0.05) is 32.9 Å². The number of carbonyl (C=O) groups is 2. The third-order valence-electron chi connectivity index (χ3n) is 4.97. The molecule has 27 heavy (non-hydrogen) atoms. The average Bonchev–Trinajstić information content (AvgIpc) is 3.17. The van der Waals surface area contributed by atoms with Crippen molar-refractivity contribution in [3.8, 4) is 22.6 Å². The van der Waals surface area contributed by atoms with Crippen LogP contribution in [0.3, 0.4) is 0 Å². The normalized spacial score (nSPS) is 13.2. The molecule has 0 saturated carbocycles. The maximum absolute atomic E-state index is 12.6. The summed E-state index contributed by atoms with van der Waals surface area (Å²) in [5, 5.41) is 14.1. The zero-order chi connectivity index (χ0) is 18.7. The zero-order valence-corrected chi connectivity index (χ0v) is 14.3. The number of imide groups is 1. The number of benzene rings is 3. The number of aromatic amines is 1. The van der Waals surface area contributed by atoms with Gasteiger partial charge in [-0.2, -0.15) is 0 Å². The first-order chi connectivity index (χ1) is 13.1. The number of para-hydroxylation sites is 1. The Balaban J connectivity index is 1.97. The molecule has 0 bridgehead atoms. The summed E-state index contributed by atoms with van der Waals surface area (Å²) in [6, 6.07) is 14.1. The summed E-state index contributed by atoms with van der Waals surface area (Å²) in [6.45, 7) is 0. The molecule has 0 atom stereocenters. The fourth-order valence-corrected chi connectivity index (χ4v) is 3.78. The third kappa shape index (κ3) is 2.07. The van der Waals surface area contributed by atoms with Crippen LogP contribution in [0, 0.1) is 0 Å². The van der Waals surface area contributed by atoms with Crippen LogP contribution in [0.2, 0.25) is 0 Å². The number of ether oxygens (including phenoxy) is 1. The van der Waals surface area contributed by atoms with Crippen LogP contribution in [-0.2, 0) is 0 Å². The molecule has 1 aliphatic heterocycles. The van der Waals surface area contributed by atoms with Crippen molar-refractivity contribution in [2.24, 2.45) is 0 Å². The number of amides is 2. The van der Waals surface area contributed by atoms with Gasteiger partial charge in [-0.1, -0.05) is 18.2 Å². The third-order valence-corrected chi connectivity index (χ3v) is 4.97. The molecule has 2 amide bonds. The first-order valence-corrected chi connectivity index (χ1v) is 8.39. The standard InChI is InChI=1S/C21H14N2O4/c1-27-10-6-7-14-13(8-10)17-15(22-14)9-12(11-4-2-3-5-16(11)24)18-19(17)21(26)23-20(18)25/h2-9,22,24H,1H3,(H,23,25,26). The summed E-state index contributed by atoms with van der Waals surface area (Å²) < 4.78 is 5.30. The predicted octanol–water partition coefficient (Wildman–Crippen LogP) is 3.59. The molecule has 6 nitrogen and oxygen atoms in total. The molecule has 0 aliphatic carbocycles. The van der Waals surface area contributed by atoms with E-state index in [1.807, 2.05) is 18.2 Å². The Kier molecular flexibility index (Phi) is 3.06. The Morgan fingerprint density at radius 3 is 2.44 bits per heavy atom. The lowest BCUT2D eigenvalue weighted by Crippen LogP contribution is -2.20. The number of hydrogen-bond donors (Lipinski definition) is 3. The van der Waals surface area contributed by atoms with Crippen molar-refractivity contribution in [1.29, 1.82) is 0 Å². The van der Waals surface area contributed by atoms with Gasteiger partial charge in [-0.15, -0.1) is 0 Å². The van der Waals surface area contributed by atoms with Gasteiger partial charge in [-0.05, 0) is 30.3 Å². The lowest BCUT2D eigenvalue weighted by Gasteiger charge is -2.09. The molecule has 1 aromatic heterocycles. The van der Waals surface area contributed by atoms with Gasteiger partial charge in [0.1, 0.15) is 11.5 Å². The predicted molar refractivity (Wildman–Crippen MR) is 101 cm³/mol. The zero-order valence-electron chi connectivity index (χ0n) is 14.3. The van der Waals surface area contributed by atoms with Gasteiger partial charge in [-0.25, -0.2) is 0 Å². The van der Waals surface area contributed by atoms with E-state index in [4.69, 9.17) is 4.74 Å². The van der Waals surface area contributed by atoms with Gasteiger partial charge in [0.15, 0.2) is 0 Å². The first kappa shape index (κ1) is 15.5. The molecule has 5 rings (SSSR count). The molecule has 3 N–H and O–H groups in total. The Morgan fingerprint density at radius 2 is 1.67 bits per heavy atom. The van der Waals surface area contributed by atoms with Crippen LogP contribution in [0.15, 0.2) is 48.5 Å². The van der Waals surface area contributed by atoms with E-state index in [0.29, 0.717) is 33.3 Å². The molecule has 0 radical (unpaired) electrons. The highest BCUT2D eigenvalue weighted by atomic mass is 16.5. The van der Waals surface area contributed by atoms with E-state index < -0.39 is 11.8 Å². The molecule has 0 fully saturated rings. The highest BCUT2D eigenvalue weighted by Crippen LogP contribution is 2.41. The van der Waals surface area contributed by atoms with E-state index in [1.165, 1.54) is 0 Å². The highest BCUT2D eigenvalue weighted by molar-refractivity contribution is 6.32. The minimum absolute atomic E-state index is 0.0454.